The number of carbonyl (C=O) groups is 1. The fourth-order valence-electron chi connectivity index (χ4n) is 3.28. The summed E-state index contributed by atoms with van der Waals surface area (Å²) < 4.78 is 5.32. The molecule has 5 heteroatoms. The lowest BCUT2D eigenvalue weighted by Crippen LogP contribution is -2.39. The van der Waals surface area contributed by atoms with Crippen LogP contribution < -0.4 is 15.4 Å². The summed E-state index contributed by atoms with van der Waals surface area (Å²) in [4.78, 5) is 12.6. The van der Waals surface area contributed by atoms with Crippen molar-refractivity contribution in [1.82, 2.24) is 5.32 Å². The van der Waals surface area contributed by atoms with Crippen LogP contribution in [0, 0.1) is 6.92 Å². The van der Waals surface area contributed by atoms with Gasteiger partial charge in [-0.1, -0.05) is 35.9 Å². The molecule has 132 valence electrons. The number of anilines is 1. The molecule has 0 radical (unpaired) electrons. The van der Waals surface area contributed by atoms with E-state index in [1.807, 2.05) is 26.0 Å². The van der Waals surface area contributed by atoms with Crippen LogP contribution in [0.1, 0.15) is 36.1 Å². The van der Waals surface area contributed by atoms with Gasteiger partial charge in [0.05, 0.1) is 18.8 Å². The van der Waals surface area contributed by atoms with Gasteiger partial charge < -0.3 is 10.1 Å². The highest BCUT2D eigenvalue weighted by Gasteiger charge is 2.25. The number of nitrogens with one attached hydrogen (secondary N) is 2. The SMILES string of the molecule is COc1cc(Cl)c(C)cc1NC(=O)[C@@H](C)N[C@H]1CCc2ccccc21. The maximum absolute atomic E-state index is 12.6. The van der Waals surface area contributed by atoms with Crippen LogP contribution in [-0.2, 0) is 11.2 Å². The first-order chi connectivity index (χ1) is 12.0. The van der Waals surface area contributed by atoms with Gasteiger partial charge in [-0.15, -0.1) is 0 Å². The third kappa shape index (κ3) is 3.80. The number of fused-ring (bicyclic) bond motifs is 1. The van der Waals surface area contributed by atoms with Crippen molar-refractivity contribution in [3.05, 3.63) is 58.1 Å². The average Bonchev–Trinajstić information content (AvgIpc) is 3.01. The molecule has 1 aliphatic carbocycles. The second kappa shape index (κ2) is 7.46. The second-order valence-electron chi connectivity index (χ2n) is 6.47. The van der Waals surface area contributed by atoms with Gasteiger partial charge in [0, 0.05) is 17.1 Å². The zero-order chi connectivity index (χ0) is 18.0. The topological polar surface area (TPSA) is 50.4 Å². The highest BCUT2D eigenvalue weighted by molar-refractivity contribution is 6.31. The molecule has 25 heavy (non-hydrogen) atoms. The summed E-state index contributed by atoms with van der Waals surface area (Å²) in [5.74, 6) is 0.465. The molecule has 1 amide bonds. The summed E-state index contributed by atoms with van der Waals surface area (Å²) in [6.07, 6.45) is 2.06. The minimum atomic E-state index is -0.322. The number of ether oxygens (including phenoxy) is 1. The van der Waals surface area contributed by atoms with E-state index in [4.69, 9.17) is 16.3 Å². The maximum atomic E-state index is 12.6. The molecular weight excluding hydrogens is 336 g/mol. The highest BCUT2D eigenvalue weighted by atomic mass is 35.5. The first kappa shape index (κ1) is 17.8. The molecule has 0 heterocycles. The molecular formula is C20H23ClN2O2. The Kier molecular flexibility index (Phi) is 5.30. The van der Waals surface area contributed by atoms with Gasteiger partial charge in [-0.05, 0) is 49.4 Å². The maximum Gasteiger partial charge on any atom is 0.241 e. The molecule has 2 aromatic carbocycles. The van der Waals surface area contributed by atoms with Crippen molar-refractivity contribution >= 4 is 23.2 Å². The summed E-state index contributed by atoms with van der Waals surface area (Å²) in [6, 6.07) is 11.8. The lowest BCUT2D eigenvalue weighted by molar-refractivity contribution is -0.118. The molecule has 2 atom stereocenters. The summed E-state index contributed by atoms with van der Waals surface area (Å²) in [6.45, 7) is 3.78. The monoisotopic (exact) mass is 358 g/mol. The van der Waals surface area contributed by atoms with Crippen molar-refractivity contribution in [3.63, 3.8) is 0 Å². The van der Waals surface area contributed by atoms with Crippen LogP contribution in [0.5, 0.6) is 5.75 Å². The van der Waals surface area contributed by atoms with Crippen LogP contribution in [0.15, 0.2) is 36.4 Å². The first-order valence-corrected chi connectivity index (χ1v) is 8.86. The molecule has 0 fully saturated rings. The summed E-state index contributed by atoms with van der Waals surface area (Å²) in [7, 11) is 1.56. The quantitative estimate of drug-likeness (QED) is 0.839. The summed E-state index contributed by atoms with van der Waals surface area (Å²) in [5.41, 5.74) is 4.18. The van der Waals surface area contributed by atoms with E-state index in [2.05, 4.69) is 28.8 Å². The Morgan fingerprint density at radius 1 is 1.32 bits per heavy atom. The number of carbonyl (C=O) groups excluding carboxylic acids is 1. The van der Waals surface area contributed by atoms with Crippen LogP contribution in [0.3, 0.4) is 0 Å². The van der Waals surface area contributed by atoms with Crippen molar-refractivity contribution in [1.29, 1.82) is 0 Å². The standard InChI is InChI=1S/C20H23ClN2O2/c1-12-10-18(19(25-3)11-16(12)21)23-20(24)13(2)22-17-9-8-14-6-4-5-7-15(14)17/h4-7,10-11,13,17,22H,8-9H2,1-3H3,(H,23,24)/t13-,17+/m1/s1. The molecule has 2 aromatic rings. The Balaban J connectivity index is 1.69. The van der Waals surface area contributed by atoms with Gasteiger partial charge in [0.2, 0.25) is 5.91 Å². The summed E-state index contributed by atoms with van der Waals surface area (Å²) in [5, 5.41) is 7.00. The zero-order valence-corrected chi connectivity index (χ0v) is 15.5. The van der Waals surface area contributed by atoms with Gasteiger partial charge in [0.25, 0.3) is 0 Å². The Morgan fingerprint density at radius 3 is 2.84 bits per heavy atom. The Labute approximate surface area is 153 Å². The van der Waals surface area contributed by atoms with Crippen LogP contribution >= 0.6 is 11.6 Å². The summed E-state index contributed by atoms with van der Waals surface area (Å²) >= 11 is 6.12. The van der Waals surface area contributed by atoms with E-state index >= 15 is 0 Å². The van der Waals surface area contributed by atoms with Gasteiger partial charge in [-0.3, -0.25) is 10.1 Å². The average molecular weight is 359 g/mol. The fourth-order valence-corrected chi connectivity index (χ4v) is 3.43. The minimum absolute atomic E-state index is 0.0931. The number of methoxy groups -OCH3 is 1. The van der Waals surface area contributed by atoms with E-state index in [1.165, 1.54) is 11.1 Å². The lowest BCUT2D eigenvalue weighted by Gasteiger charge is -2.21. The molecule has 0 aromatic heterocycles. The Hall–Kier alpha value is -2.04. The van der Waals surface area contributed by atoms with Crippen molar-refractivity contribution in [2.45, 2.75) is 38.8 Å². The third-order valence-corrected chi connectivity index (χ3v) is 5.12. The number of rotatable bonds is 5. The molecule has 3 rings (SSSR count). The second-order valence-corrected chi connectivity index (χ2v) is 6.88. The van der Waals surface area contributed by atoms with Crippen LogP contribution in [0.4, 0.5) is 5.69 Å². The smallest absolute Gasteiger partial charge is 0.241 e. The largest absolute Gasteiger partial charge is 0.495 e. The van der Waals surface area contributed by atoms with Crippen molar-refractivity contribution in [2.75, 3.05) is 12.4 Å². The van der Waals surface area contributed by atoms with Crippen LogP contribution in [0.2, 0.25) is 5.02 Å². The van der Waals surface area contributed by atoms with E-state index in [0.717, 1.165) is 18.4 Å². The number of benzene rings is 2. The van der Waals surface area contributed by atoms with Crippen molar-refractivity contribution < 1.29 is 9.53 Å². The zero-order valence-electron chi connectivity index (χ0n) is 14.7. The van der Waals surface area contributed by atoms with E-state index in [1.54, 1.807) is 13.2 Å². The van der Waals surface area contributed by atoms with Crippen LogP contribution in [-0.4, -0.2) is 19.1 Å². The predicted molar refractivity (Wildman–Crippen MR) is 101 cm³/mol. The molecule has 1 aliphatic rings. The van der Waals surface area contributed by atoms with Gasteiger partial charge >= 0.3 is 0 Å². The predicted octanol–water partition coefficient (Wildman–Crippen LogP) is 4.26. The first-order valence-electron chi connectivity index (χ1n) is 8.48. The number of amides is 1. The Morgan fingerprint density at radius 2 is 2.08 bits per heavy atom. The lowest BCUT2D eigenvalue weighted by atomic mass is 10.1. The molecule has 0 aliphatic heterocycles. The third-order valence-electron chi connectivity index (χ3n) is 4.72. The molecule has 0 spiro atoms. The van der Waals surface area contributed by atoms with E-state index in [9.17, 15) is 4.79 Å². The fraction of sp³-hybridized carbons (Fsp3) is 0.350. The van der Waals surface area contributed by atoms with Gasteiger partial charge in [0.1, 0.15) is 5.75 Å². The molecule has 0 unspecified atom stereocenters. The molecule has 0 bridgehead atoms. The number of hydrogen-bond acceptors (Lipinski definition) is 3. The van der Waals surface area contributed by atoms with Crippen LogP contribution in [0.25, 0.3) is 0 Å². The van der Waals surface area contributed by atoms with E-state index < -0.39 is 0 Å². The Bertz CT molecular complexity index is 791. The number of halogens is 1. The highest BCUT2D eigenvalue weighted by Crippen LogP contribution is 2.32. The molecule has 0 saturated heterocycles. The van der Waals surface area contributed by atoms with Gasteiger partial charge in [-0.2, -0.15) is 0 Å². The molecule has 2 N–H and O–H groups in total. The molecule has 0 saturated carbocycles. The minimum Gasteiger partial charge on any atom is -0.495 e. The van der Waals surface area contributed by atoms with Crippen molar-refractivity contribution in [3.8, 4) is 5.75 Å². The van der Waals surface area contributed by atoms with E-state index in [-0.39, 0.29) is 18.0 Å². The van der Waals surface area contributed by atoms with Gasteiger partial charge in [-0.25, -0.2) is 0 Å². The number of aryl methyl sites for hydroxylation is 2. The normalized spacial score (nSPS) is 17.0. The van der Waals surface area contributed by atoms with Crippen molar-refractivity contribution in [2.24, 2.45) is 0 Å². The molecule has 4 nitrogen and oxygen atoms in total. The van der Waals surface area contributed by atoms with Gasteiger partial charge in [0.15, 0.2) is 0 Å². The number of hydrogen-bond donors (Lipinski definition) is 2. The van der Waals surface area contributed by atoms with E-state index in [0.29, 0.717) is 16.5 Å².